The van der Waals surface area contributed by atoms with Crippen molar-refractivity contribution < 1.29 is 4.74 Å². The van der Waals surface area contributed by atoms with E-state index in [1.165, 1.54) is 58.3 Å². The van der Waals surface area contributed by atoms with E-state index in [4.69, 9.17) is 10.5 Å². The summed E-state index contributed by atoms with van der Waals surface area (Å²) in [6, 6.07) is 1.34. The molecule has 2 N–H and O–H groups in total. The topological polar surface area (TPSA) is 41.7 Å². The van der Waals surface area contributed by atoms with E-state index in [1.54, 1.807) is 0 Å². The Morgan fingerprint density at radius 3 is 2.84 bits per heavy atom. The normalized spacial score (nSPS) is 35.8. The van der Waals surface area contributed by atoms with Gasteiger partial charge < -0.3 is 10.5 Å². The van der Waals surface area contributed by atoms with Crippen LogP contribution < -0.4 is 5.73 Å². The second-order valence-electron chi connectivity index (χ2n) is 6.46. The zero-order valence-electron chi connectivity index (χ0n) is 12.1. The Morgan fingerprint density at radius 1 is 1.11 bits per heavy atom. The molecular weight excluding hydrogens is 238 g/mol. The Bertz CT molecular complexity index is 281. The second-order valence-corrected chi connectivity index (χ2v) is 6.46. The molecule has 0 aromatic heterocycles. The maximum Gasteiger partial charge on any atom is 0.0509 e. The van der Waals surface area contributed by atoms with E-state index in [0.29, 0.717) is 12.0 Å². The van der Waals surface area contributed by atoms with Crippen molar-refractivity contribution in [3.63, 3.8) is 0 Å². The van der Waals surface area contributed by atoms with Crippen LogP contribution in [0.15, 0.2) is 0 Å². The van der Waals surface area contributed by atoms with Crippen LogP contribution in [0.25, 0.3) is 0 Å². The first-order chi connectivity index (χ1) is 9.38. The molecule has 4 heteroatoms. The molecule has 0 aliphatic carbocycles. The number of hydrogen-bond donors (Lipinski definition) is 1. The monoisotopic (exact) mass is 267 g/mol. The highest BCUT2D eigenvalue weighted by Crippen LogP contribution is 2.26. The van der Waals surface area contributed by atoms with Crippen LogP contribution in [0, 0.1) is 5.92 Å². The summed E-state index contributed by atoms with van der Waals surface area (Å²) >= 11 is 0. The summed E-state index contributed by atoms with van der Waals surface area (Å²) in [5.41, 5.74) is 6.09. The average molecular weight is 267 g/mol. The zero-order valence-corrected chi connectivity index (χ0v) is 12.1. The number of hydrogen-bond acceptors (Lipinski definition) is 4. The van der Waals surface area contributed by atoms with Crippen LogP contribution in [0.4, 0.5) is 0 Å². The van der Waals surface area contributed by atoms with Crippen molar-refractivity contribution >= 4 is 0 Å². The molecule has 3 rings (SSSR count). The zero-order chi connectivity index (χ0) is 13.1. The van der Waals surface area contributed by atoms with Gasteiger partial charge in [-0.2, -0.15) is 0 Å². The molecule has 0 aromatic rings. The molecule has 0 bridgehead atoms. The molecule has 110 valence electrons. The summed E-state index contributed by atoms with van der Waals surface area (Å²) in [7, 11) is 0. The van der Waals surface area contributed by atoms with Gasteiger partial charge in [-0.3, -0.25) is 9.80 Å². The fourth-order valence-corrected chi connectivity index (χ4v) is 4.19. The molecule has 3 unspecified atom stereocenters. The first-order valence-electron chi connectivity index (χ1n) is 8.14. The molecule has 0 spiro atoms. The Kier molecular flexibility index (Phi) is 4.74. The average Bonchev–Trinajstić information content (AvgIpc) is 2.49. The lowest BCUT2D eigenvalue weighted by atomic mass is 9.90. The van der Waals surface area contributed by atoms with Crippen LogP contribution in [-0.4, -0.2) is 67.8 Å². The van der Waals surface area contributed by atoms with Crippen LogP contribution in [-0.2, 0) is 4.74 Å². The molecule has 19 heavy (non-hydrogen) atoms. The molecule has 3 fully saturated rings. The molecule has 3 saturated heterocycles. The van der Waals surface area contributed by atoms with Crippen molar-refractivity contribution in [2.45, 2.75) is 44.2 Å². The highest BCUT2D eigenvalue weighted by molar-refractivity contribution is 4.90. The molecule has 0 amide bonds. The summed E-state index contributed by atoms with van der Waals surface area (Å²) in [5, 5.41) is 0. The van der Waals surface area contributed by atoms with Crippen molar-refractivity contribution in [1.29, 1.82) is 0 Å². The SMILES string of the molecule is NCC(C1CCCOC1)N1CCN2CCCCC2C1. The van der Waals surface area contributed by atoms with Crippen molar-refractivity contribution in [1.82, 2.24) is 9.80 Å². The van der Waals surface area contributed by atoms with Gasteiger partial charge in [-0.05, 0) is 38.1 Å². The van der Waals surface area contributed by atoms with Crippen LogP contribution in [0.1, 0.15) is 32.1 Å². The van der Waals surface area contributed by atoms with Gasteiger partial charge in [-0.1, -0.05) is 6.42 Å². The van der Waals surface area contributed by atoms with Gasteiger partial charge in [-0.15, -0.1) is 0 Å². The van der Waals surface area contributed by atoms with E-state index in [0.717, 1.165) is 25.8 Å². The quantitative estimate of drug-likeness (QED) is 0.825. The summed E-state index contributed by atoms with van der Waals surface area (Å²) in [5.74, 6) is 0.661. The van der Waals surface area contributed by atoms with Crippen LogP contribution in [0.3, 0.4) is 0 Å². The number of piperazine rings is 1. The lowest BCUT2D eigenvalue weighted by Crippen LogP contribution is -2.60. The molecule has 3 atom stereocenters. The van der Waals surface area contributed by atoms with Gasteiger partial charge in [0.25, 0.3) is 0 Å². The van der Waals surface area contributed by atoms with Gasteiger partial charge in [0.2, 0.25) is 0 Å². The molecular formula is C15H29N3O. The Hall–Kier alpha value is -0.160. The van der Waals surface area contributed by atoms with Crippen molar-refractivity contribution in [2.24, 2.45) is 11.7 Å². The molecule has 0 aromatic carbocycles. The minimum absolute atomic E-state index is 0.546. The van der Waals surface area contributed by atoms with Crippen molar-refractivity contribution in [2.75, 3.05) is 45.9 Å². The fraction of sp³-hybridized carbons (Fsp3) is 1.00. The number of nitrogens with two attached hydrogens (primary N) is 1. The third-order valence-electron chi connectivity index (χ3n) is 5.32. The first-order valence-corrected chi connectivity index (χ1v) is 8.14. The van der Waals surface area contributed by atoms with Crippen LogP contribution in [0.2, 0.25) is 0 Å². The standard InChI is InChI=1S/C15H29N3O/c16-10-15(13-4-3-9-19-12-13)18-8-7-17-6-2-1-5-14(17)11-18/h13-15H,1-12,16H2. The molecule has 4 nitrogen and oxygen atoms in total. The lowest BCUT2D eigenvalue weighted by molar-refractivity contribution is -0.0229. The summed E-state index contributed by atoms with van der Waals surface area (Å²) in [6.45, 7) is 7.66. The van der Waals surface area contributed by atoms with Crippen LogP contribution >= 0.6 is 0 Å². The number of fused-ring (bicyclic) bond motifs is 1. The van der Waals surface area contributed by atoms with Crippen molar-refractivity contribution in [3.8, 4) is 0 Å². The third kappa shape index (κ3) is 3.13. The van der Waals surface area contributed by atoms with Gasteiger partial charge in [0.05, 0.1) is 6.61 Å². The van der Waals surface area contributed by atoms with E-state index in [-0.39, 0.29) is 0 Å². The minimum atomic E-state index is 0.546. The maximum atomic E-state index is 6.09. The Morgan fingerprint density at radius 2 is 2.05 bits per heavy atom. The smallest absolute Gasteiger partial charge is 0.0509 e. The molecule has 3 aliphatic heterocycles. The number of ether oxygens (including phenoxy) is 1. The van der Waals surface area contributed by atoms with Crippen LogP contribution in [0.5, 0.6) is 0 Å². The minimum Gasteiger partial charge on any atom is -0.381 e. The highest BCUT2D eigenvalue weighted by atomic mass is 16.5. The van der Waals surface area contributed by atoms with Gasteiger partial charge in [-0.25, -0.2) is 0 Å². The molecule has 0 saturated carbocycles. The maximum absolute atomic E-state index is 6.09. The Balaban J connectivity index is 1.60. The van der Waals surface area contributed by atoms with Crippen molar-refractivity contribution in [3.05, 3.63) is 0 Å². The molecule has 3 aliphatic rings. The second kappa shape index (κ2) is 6.53. The summed E-state index contributed by atoms with van der Waals surface area (Å²) in [4.78, 5) is 5.37. The van der Waals surface area contributed by atoms with Gasteiger partial charge >= 0.3 is 0 Å². The van der Waals surface area contributed by atoms with E-state index in [2.05, 4.69) is 9.80 Å². The predicted octanol–water partition coefficient (Wildman–Crippen LogP) is 0.910. The van der Waals surface area contributed by atoms with E-state index in [1.807, 2.05) is 0 Å². The van der Waals surface area contributed by atoms with E-state index < -0.39 is 0 Å². The van der Waals surface area contributed by atoms with E-state index >= 15 is 0 Å². The van der Waals surface area contributed by atoms with Gasteiger partial charge in [0, 0.05) is 44.9 Å². The summed E-state index contributed by atoms with van der Waals surface area (Å²) < 4.78 is 5.67. The molecule has 3 heterocycles. The number of rotatable bonds is 3. The number of piperidine rings is 1. The largest absolute Gasteiger partial charge is 0.381 e. The first kappa shape index (κ1) is 13.8. The fourth-order valence-electron chi connectivity index (χ4n) is 4.19. The number of nitrogens with zero attached hydrogens (tertiary/aromatic N) is 2. The predicted molar refractivity (Wildman–Crippen MR) is 77.2 cm³/mol. The Labute approximate surface area is 117 Å². The van der Waals surface area contributed by atoms with Gasteiger partial charge in [0.1, 0.15) is 0 Å². The highest BCUT2D eigenvalue weighted by Gasteiger charge is 2.35. The van der Waals surface area contributed by atoms with E-state index in [9.17, 15) is 0 Å². The van der Waals surface area contributed by atoms with Gasteiger partial charge in [0.15, 0.2) is 0 Å². The third-order valence-corrected chi connectivity index (χ3v) is 5.32. The molecule has 0 radical (unpaired) electrons. The summed E-state index contributed by atoms with van der Waals surface area (Å²) in [6.07, 6.45) is 6.70. The lowest BCUT2D eigenvalue weighted by Gasteiger charge is -2.48.